The maximum absolute atomic E-state index is 13.2. The maximum atomic E-state index is 13.2. The zero-order valence-corrected chi connectivity index (χ0v) is 17.0. The average molecular weight is 446 g/mol. The second-order valence-electron chi connectivity index (χ2n) is 6.54. The van der Waals surface area contributed by atoms with Crippen molar-refractivity contribution in [2.45, 2.75) is 30.7 Å². The highest BCUT2D eigenvalue weighted by molar-refractivity contribution is 7.99. The normalized spacial score (nSPS) is 11.7. The molecule has 0 N–H and O–H groups in total. The van der Waals surface area contributed by atoms with Crippen LogP contribution in [-0.4, -0.2) is 51.9 Å². The molecule has 0 saturated heterocycles. The lowest BCUT2D eigenvalue weighted by Crippen LogP contribution is -2.19. The molecule has 0 amide bonds. The SMILES string of the molecule is FC(F)(F)Cn1c(SCCCc2nnnn2-c2ccccc2)nnc1-c1ccncc1. The summed E-state index contributed by atoms with van der Waals surface area (Å²) in [6, 6.07) is 12.7. The summed E-state index contributed by atoms with van der Waals surface area (Å²) in [4.78, 5) is 3.89. The largest absolute Gasteiger partial charge is 0.406 e. The summed E-state index contributed by atoms with van der Waals surface area (Å²) >= 11 is 1.22. The molecule has 160 valence electrons. The number of pyridine rings is 1. The Morgan fingerprint density at radius 2 is 1.71 bits per heavy atom. The van der Waals surface area contributed by atoms with E-state index in [4.69, 9.17) is 0 Å². The molecule has 0 atom stereocenters. The smallest absolute Gasteiger partial charge is 0.293 e. The molecule has 0 bridgehead atoms. The van der Waals surface area contributed by atoms with Crippen molar-refractivity contribution < 1.29 is 13.2 Å². The van der Waals surface area contributed by atoms with Gasteiger partial charge in [0.2, 0.25) is 0 Å². The Morgan fingerprint density at radius 1 is 0.935 bits per heavy atom. The number of hydrogen-bond acceptors (Lipinski definition) is 7. The summed E-state index contributed by atoms with van der Waals surface area (Å²) in [7, 11) is 0. The zero-order chi connectivity index (χ0) is 21.7. The molecule has 4 rings (SSSR count). The van der Waals surface area contributed by atoms with Gasteiger partial charge in [-0.2, -0.15) is 17.9 Å². The van der Waals surface area contributed by atoms with Crippen LogP contribution in [0.2, 0.25) is 0 Å². The van der Waals surface area contributed by atoms with Crippen LogP contribution in [0.4, 0.5) is 13.2 Å². The number of nitrogens with zero attached hydrogens (tertiary/aromatic N) is 8. The third-order valence-corrected chi connectivity index (χ3v) is 5.36. The first-order valence-electron chi connectivity index (χ1n) is 9.37. The van der Waals surface area contributed by atoms with Crippen molar-refractivity contribution in [3.05, 3.63) is 60.7 Å². The van der Waals surface area contributed by atoms with Crippen molar-refractivity contribution >= 4 is 11.8 Å². The summed E-state index contributed by atoms with van der Waals surface area (Å²) in [5.74, 6) is 1.38. The van der Waals surface area contributed by atoms with E-state index in [1.54, 1.807) is 16.8 Å². The summed E-state index contributed by atoms with van der Waals surface area (Å²) in [6.07, 6.45) is -0.157. The number of alkyl halides is 3. The number of thioether (sulfide) groups is 1. The van der Waals surface area contributed by atoms with Crippen LogP contribution in [-0.2, 0) is 13.0 Å². The first kappa shape index (κ1) is 21.0. The molecule has 3 heterocycles. The van der Waals surface area contributed by atoms with Gasteiger partial charge in [-0.05, 0) is 41.1 Å². The minimum atomic E-state index is -4.39. The molecule has 0 aliphatic carbocycles. The molecule has 0 fully saturated rings. The lowest BCUT2D eigenvalue weighted by molar-refractivity contribution is -0.141. The molecule has 0 radical (unpaired) electrons. The Morgan fingerprint density at radius 3 is 2.45 bits per heavy atom. The highest BCUT2D eigenvalue weighted by Gasteiger charge is 2.31. The third kappa shape index (κ3) is 5.26. The topological polar surface area (TPSA) is 87.2 Å². The number of halogens is 3. The molecule has 4 aromatic rings. The van der Waals surface area contributed by atoms with Crippen molar-refractivity contribution in [2.24, 2.45) is 0 Å². The van der Waals surface area contributed by atoms with Crippen LogP contribution in [0.5, 0.6) is 0 Å². The van der Waals surface area contributed by atoms with Gasteiger partial charge in [0.15, 0.2) is 16.8 Å². The second kappa shape index (κ2) is 9.25. The van der Waals surface area contributed by atoms with Crippen LogP contribution in [0.3, 0.4) is 0 Å². The van der Waals surface area contributed by atoms with Gasteiger partial charge in [-0.15, -0.1) is 15.3 Å². The van der Waals surface area contributed by atoms with Crippen molar-refractivity contribution in [1.82, 2.24) is 40.0 Å². The number of hydrogen-bond donors (Lipinski definition) is 0. The maximum Gasteiger partial charge on any atom is 0.406 e. The molecular weight excluding hydrogens is 429 g/mol. The van der Waals surface area contributed by atoms with Crippen LogP contribution < -0.4 is 0 Å². The van der Waals surface area contributed by atoms with E-state index in [1.807, 2.05) is 30.3 Å². The molecule has 12 heteroatoms. The standard InChI is InChI=1S/C19H17F3N8S/c20-19(21,22)13-29-17(14-8-10-23-11-9-14)25-26-18(29)31-12-4-7-16-24-27-28-30(16)15-5-2-1-3-6-15/h1-3,5-6,8-11H,4,7,12-13H2. The Labute approximate surface area is 179 Å². The fourth-order valence-electron chi connectivity index (χ4n) is 2.96. The summed E-state index contributed by atoms with van der Waals surface area (Å²) in [6.45, 7) is -1.16. The van der Waals surface area contributed by atoms with Crippen molar-refractivity contribution in [3.8, 4) is 17.1 Å². The van der Waals surface area contributed by atoms with E-state index in [0.717, 1.165) is 10.3 Å². The molecule has 1 aromatic carbocycles. The summed E-state index contributed by atoms with van der Waals surface area (Å²) in [5.41, 5.74) is 1.38. The van der Waals surface area contributed by atoms with E-state index in [9.17, 15) is 13.2 Å². The fraction of sp³-hybridized carbons (Fsp3) is 0.263. The zero-order valence-electron chi connectivity index (χ0n) is 16.1. The van der Waals surface area contributed by atoms with Crippen molar-refractivity contribution in [1.29, 1.82) is 0 Å². The second-order valence-corrected chi connectivity index (χ2v) is 7.60. The Kier molecular flexibility index (Phi) is 6.26. The highest BCUT2D eigenvalue weighted by atomic mass is 32.2. The number of para-hydroxylation sites is 1. The van der Waals surface area contributed by atoms with Gasteiger partial charge < -0.3 is 0 Å². The van der Waals surface area contributed by atoms with Crippen LogP contribution in [0, 0.1) is 0 Å². The first-order chi connectivity index (χ1) is 15.0. The molecule has 31 heavy (non-hydrogen) atoms. The molecule has 0 aliphatic heterocycles. The van der Waals surface area contributed by atoms with E-state index in [0.29, 0.717) is 30.0 Å². The van der Waals surface area contributed by atoms with Crippen molar-refractivity contribution in [2.75, 3.05) is 5.75 Å². The van der Waals surface area contributed by atoms with E-state index in [-0.39, 0.29) is 11.0 Å². The van der Waals surface area contributed by atoms with E-state index < -0.39 is 12.7 Å². The van der Waals surface area contributed by atoms with Crippen LogP contribution in [0.1, 0.15) is 12.2 Å². The Bertz CT molecular complexity index is 1110. The quantitative estimate of drug-likeness (QED) is 0.302. The minimum absolute atomic E-state index is 0.162. The lowest BCUT2D eigenvalue weighted by Gasteiger charge is -2.12. The van der Waals surface area contributed by atoms with Gasteiger partial charge in [0.05, 0.1) is 5.69 Å². The molecule has 8 nitrogen and oxygen atoms in total. The van der Waals surface area contributed by atoms with Crippen LogP contribution >= 0.6 is 11.8 Å². The predicted octanol–water partition coefficient (Wildman–Crippen LogP) is 3.60. The number of rotatable bonds is 8. The number of aryl methyl sites for hydroxylation is 1. The minimum Gasteiger partial charge on any atom is -0.293 e. The van der Waals surface area contributed by atoms with Gasteiger partial charge >= 0.3 is 6.18 Å². The van der Waals surface area contributed by atoms with Gasteiger partial charge in [0, 0.05) is 30.1 Å². The first-order valence-corrected chi connectivity index (χ1v) is 10.4. The number of tetrazole rings is 1. The van der Waals surface area contributed by atoms with Gasteiger partial charge in [0.1, 0.15) is 6.54 Å². The van der Waals surface area contributed by atoms with Gasteiger partial charge in [-0.25, -0.2) is 0 Å². The lowest BCUT2D eigenvalue weighted by atomic mass is 10.2. The molecule has 0 aliphatic rings. The number of benzene rings is 1. The van der Waals surface area contributed by atoms with Crippen LogP contribution in [0.25, 0.3) is 17.1 Å². The molecule has 0 unspecified atom stereocenters. The Hall–Kier alpha value is -3.28. The van der Waals surface area contributed by atoms with E-state index in [2.05, 4.69) is 30.7 Å². The molecule has 0 saturated carbocycles. The van der Waals surface area contributed by atoms with Gasteiger partial charge in [-0.1, -0.05) is 30.0 Å². The molecule has 3 aromatic heterocycles. The Balaban J connectivity index is 1.44. The van der Waals surface area contributed by atoms with E-state index >= 15 is 0 Å². The fourth-order valence-corrected chi connectivity index (χ4v) is 3.83. The summed E-state index contributed by atoms with van der Waals surface area (Å²) < 4.78 is 42.2. The molecule has 0 spiro atoms. The van der Waals surface area contributed by atoms with Gasteiger partial charge in [0.25, 0.3) is 0 Å². The summed E-state index contributed by atoms with van der Waals surface area (Å²) in [5, 5.41) is 20.0. The average Bonchev–Trinajstić information content (AvgIpc) is 3.38. The predicted molar refractivity (Wildman–Crippen MR) is 108 cm³/mol. The van der Waals surface area contributed by atoms with E-state index in [1.165, 1.54) is 24.2 Å². The molecular formula is C19H17F3N8S. The van der Waals surface area contributed by atoms with Gasteiger partial charge in [-0.3, -0.25) is 9.55 Å². The van der Waals surface area contributed by atoms with Crippen molar-refractivity contribution in [3.63, 3.8) is 0 Å². The van der Waals surface area contributed by atoms with Crippen LogP contribution in [0.15, 0.2) is 60.0 Å². The monoisotopic (exact) mass is 446 g/mol. The highest BCUT2D eigenvalue weighted by Crippen LogP contribution is 2.28. The number of aromatic nitrogens is 8. The third-order valence-electron chi connectivity index (χ3n) is 4.30.